The summed E-state index contributed by atoms with van der Waals surface area (Å²) >= 11 is 6.41. The van der Waals surface area contributed by atoms with Crippen LogP contribution in [0.25, 0.3) is 10.4 Å². The number of hydrogen-bond acceptors (Lipinski definition) is 4. The van der Waals surface area contributed by atoms with Gasteiger partial charge in [-0.05, 0) is 34.2 Å². The number of benzene rings is 1. The van der Waals surface area contributed by atoms with Crippen LogP contribution in [0.2, 0.25) is 5.02 Å². The zero-order chi connectivity index (χ0) is 22.5. The molecule has 2 amide bonds. The predicted molar refractivity (Wildman–Crippen MR) is 113 cm³/mol. The summed E-state index contributed by atoms with van der Waals surface area (Å²) in [5.74, 6) is -0.533. The van der Waals surface area contributed by atoms with Crippen molar-refractivity contribution in [1.82, 2.24) is 10.6 Å². The normalized spacial score (nSPS) is 18.2. The zero-order valence-corrected chi connectivity index (χ0v) is 18.2. The second-order valence-electron chi connectivity index (χ2n) is 8.71. The molecule has 3 N–H and O–H groups in total. The van der Waals surface area contributed by atoms with Crippen LogP contribution in [0.15, 0.2) is 35.1 Å². The maximum absolute atomic E-state index is 12.0. The Morgan fingerprint density at radius 1 is 1.37 bits per heavy atom. The Balaban J connectivity index is 2.41. The quantitative estimate of drug-likeness (QED) is 0.307. The average Bonchev–Trinajstić information content (AvgIpc) is 2.64. The number of halogens is 1. The monoisotopic (exact) mass is 435 g/mol. The van der Waals surface area contributed by atoms with Crippen molar-refractivity contribution in [2.75, 3.05) is 13.2 Å². The third-order valence-electron chi connectivity index (χ3n) is 4.62. The number of carbonyl (C=O) groups is 2. The molecule has 0 saturated heterocycles. The fraction of sp³-hybridized carbons (Fsp3) is 0.500. The number of carbonyl (C=O) groups excluding carboxylic acids is 1. The van der Waals surface area contributed by atoms with E-state index in [-0.39, 0.29) is 18.4 Å². The highest BCUT2D eigenvalue weighted by Crippen LogP contribution is 2.42. The van der Waals surface area contributed by atoms with Gasteiger partial charge in [0.05, 0.1) is 24.1 Å². The van der Waals surface area contributed by atoms with Crippen LogP contribution in [-0.2, 0) is 4.79 Å². The summed E-state index contributed by atoms with van der Waals surface area (Å²) in [7, 11) is 0. The van der Waals surface area contributed by atoms with Crippen molar-refractivity contribution in [1.29, 1.82) is 0 Å². The average molecular weight is 436 g/mol. The molecular weight excluding hydrogens is 410 g/mol. The highest BCUT2D eigenvalue weighted by molar-refractivity contribution is 6.32. The molecular formula is C20H26ClN5O4. The SMILES string of the molecule is CC(C)(C)COc1ccc(C2NC(=O)NC=C2C(C)(CN=[N+]=[N-])CC(=O)O)cc1Cl. The molecule has 0 spiro atoms. The summed E-state index contributed by atoms with van der Waals surface area (Å²) in [4.78, 5) is 26.2. The van der Waals surface area contributed by atoms with Gasteiger partial charge in [0.25, 0.3) is 0 Å². The van der Waals surface area contributed by atoms with Gasteiger partial charge in [0.1, 0.15) is 5.75 Å². The molecule has 9 nitrogen and oxygen atoms in total. The molecule has 0 bridgehead atoms. The Kier molecular flexibility index (Phi) is 7.23. The largest absolute Gasteiger partial charge is 0.491 e. The molecule has 10 heteroatoms. The molecule has 0 aliphatic carbocycles. The molecule has 2 rings (SSSR count). The van der Waals surface area contributed by atoms with E-state index in [1.165, 1.54) is 6.20 Å². The number of azide groups is 1. The molecule has 2 atom stereocenters. The van der Waals surface area contributed by atoms with Gasteiger partial charge in [0.2, 0.25) is 0 Å². The summed E-state index contributed by atoms with van der Waals surface area (Å²) in [5.41, 5.74) is 8.89. The Hall–Kier alpha value is -2.90. The van der Waals surface area contributed by atoms with Crippen LogP contribution in [0.4, 0.5) is 4.79 Å². The van der Waals surface area contributed by atoms with E-state index in [1.54, 1.807) is 25.1 Å². The van der Waals surface area contributed by atoms with E-state index in [0.29, 0.717) is 28.5 Å². The third kappa shape index (κ3) is 6.05. The first-order chi connectivity index (χ1) is 13.9. The molecule has 1 aromatic rings. The molecule has 0 radical (unpaired) electrons. The fourth-order valence-electron chi connectivity index (χ4n) is 3.14. The van der Waals surface area contributed by atoms with Crippen LogP contribution >= 0.6 is 11.6 Å². The third-order valence-corrected chi connectivity index (χ3v) is 4.91. The number of amides is 2. The molecule has 162 valence electrons. The number of nitrogens with one attached hydrogen (secondary N) is 2. The Bertz CT molecular complexity index is 899. The van der Waals surface area contributed by atoms with Gasteiger partial charge in [-0.2, -0.15) is 0 Å². The van der Waals surface area contributed by atoms with E-state index in [9.17, 15) is 14.7 Å². The van der Waals surface area contributed by atoms with Crippen molar-refractivity contribution in [3.05, 3.63) is 51.0 Å². The number of carboxylic acids is 1. The van der Waals surface area contributed by atoms with Crippen molar-refractivity contribution in [2.24, 2.45) is 15.9 Å². The summed E-state index contributed by atoms with van der Waals surface area (Å²) < 4.78 is 5.79. The van der Waals surface area contributed by atoms with Gasteiger partial charge in [-0.25, -0.2) is 4.79 Å². The minimum Gasteiger partial charge on any atom is -0.491 e. The van der Waals surface area contributed by atoms with Gasteiger partial charge in [0.15, 0.2) is 0 Å². The van der Waals surface area contributed by atoms with Gasteiger partial charge >= 0.3 is 12.0 Å². The van der Waals surface area contributed by atoms with Crippen LogP contribution in [0.5, 0.6) is 5.75 Å². The number of ether oxygens (including phenoxy) is 1. The van der Waals surface area contributed by atoms with Gasteiger partial charge in [0, 0.05) is 23.1 Å². The first-order valence-electron chi connectivity index (χ1n) is 9.38. The van der Waals surface area contributed by atoms with Crippen molar-refractivity contribution in [3.63, 3.8) is 0 Å². The maximum Gasteiger partial charge on any atom is 0.319 e. The Morgan fingerprint density at radius 3 is 2.63 bits per heavy atom. The number of hydrogen-bond donors (Lipinski definition) is 3. The van der Waals surface area contributed by atoms with E-state index in [2.05, 4.69) is 20.7 Å². The number of rotatable bonds is 8. The molecule has 0 saturated carbocycles. The zero-order valence-electron chi connectivity index (χ0n) is 17.4. The Labute approximate surface area is 180 Å². The Morgan fingerprint density at radius 2 is 2.07 bits per heavy atom. The van der Waals surface area contributed by atoms with Crippen LogP contribution in [0.3, 0.4) is 0 Å². The molecule has 1 aromatic carbocycles. The molecule has 0 aromatic heterocycles. The minimum atomic E-state index is -1.05. The van der Waals surface area contributed by atoms with Crippen molar-refractivity contribution in [2.45, 2.75) is 40.2 Å². The molecule has 30 heavy (non-hydrogen) atoms. The first kappa shape index (κ1) is 23.4. The second kappa shape index (κ2) is 9.28. The molecule has 1 aliphatic heterocycles. The highest BCUT2D eigenvalue weighted by Gasteiger charge is 2.39. The minimum absolute atomic E-state index is 0.0408. The number of carboxylic acid groups (broad SMARTS) is 1. The van der Waals surface area contributed by atoms with Crippen molar-refractivity contribution in [3.8, 4) is 5.75 Å². The standard InChI is InChI=1S/C20H26ClN5O4/c1-19(2,3)11-30-15-6-5-12(7-14(15)21)17-13(9-23-18(29)25-17)20(4,8-16(27)28)10-24-26-22/h5-7,9,17H,8,10-11H2,1-4H3,(H,27,28)(H2,23,25,29). The van der Waals surface area contributed by atoms with Crippen molar-refractivity contribution < 1.29 is 19.4 Å². The van der Waals surface area contributed by atoms with E-state index in [0.717, 1.165) is 0 Å². The molecule has 0 fully saturated rings. The van der Waals surface area contributed by atoms with Gasteiger partial charge in [-0.1, -0.05) is 50.5 Å². The molecule has 1 heterocycles. The van der Waals surface area contributed by atoms with E-state index in [1.807, 2.05) is 20.8 Å². The summed E-state index contributed by atoms with van der Waals surface area (Å²) in [6.07, 6.45) is 1.18. The predicted octanol–water partition coefficient (Wildman–Crippen LogP) is 4.79. The lowest BCUT2D eigenvalue weighted by Gasteiger charge is -2.37. The second-order valence-corrected chi connectivity index (χ2v) is 9.12. The van der Waals surface area contributed by atoms with E-state index >= 15 is 0 Å². The van der Waals surface area contributed by atoms with Crippen LogP contribution in [0, 0.1) is 10.8 Å². The van der Waals surface area contributed by atoms with Crippen molar-refractivity contribution >= 4 is 23.6 Å². The lowest BCUT2D eigenvalue weighted by atomic mass is 9.74. The summed E-state index contributed by atoms with van der Waals surface area (Å²) in [6.45, 7) is 8.20. The van der Waals surface area contributed by atoms with E-state index in [4.69, 9.17) is 21.9 Å². The first-order valence-corrected chi connectivity index (χ1v) is 9.75. The lowest BCUT2D eigenvalue weighted by molar-refractivity contribution is -0.138. The van der Waals surface area contributed by atoms with Gasteiger partial charge < -0.3 is 20.5 Å². The van der Waals surface area contributed by atoms with Gasteiger partial charge in [-0.3, -0.25) is 4.79 Å². The summed E-state index contributed by atoms with van der Waals surface area (Å²) in [5, 5.41) is 18.7. The maximum atomic E-state index is 12.0. The van der Waals surface area contributed by atoms with Crippen LogP contribution in [-0.4, -0.2) is 30.3 Å². The number of urea groups is 1. The highest BCUT2D eigenvalue weighted by atomic mass is 35.5. The molecule has 2 unspecified atom stereocenters. The van der Waals surface area contributed by atoms with Gasteiger partial charge in [-0.15, -0.1) is 0 Å². The lowest BCUT2D eigenvalue weighted by Crippen LogP contribution is -2.45. The van der Waals surface area contributed by atoms with Crippen LogP contribution in [0.1, 0.15) is 45.7 Å². The number of aliphatic carboxylic acids is 1. The van der Waals surface area contributed by atoms with Crippen LogP contribution < -0.4 is 15.4 Å². The summed E-state index contributed by atoms with van der Waals surface area (Å²) in [6, 6.07) is 4.08. The fourth-order valence-corrected chi connectivity index (χ4v) is 3.38. The molecule has 1 aliphatic rings. The van der Waals surface area contributed by atoms with E-state index < -0.39 is 23.5 Å². The topological polar surface area (TPSA) is 136 Å². The smallest absolute Gasteiger partial charge is 0.319 e. The number of nitrogens with zero attached hydrogens (tertiary/aromatic N) is 3.